The fourth-order valence-electron chi connectivity index (χ4n) is 2.73. The van der Waals surface area contributed by atoms with Crippen molar-refractivity contribution in [1.82, 2.24) is 5.32 Å². The third kappa shape index (κ3) is 2.37. The molecule has 3 rings (SSSR count). The van der Waals surface area contributed by atoms with Crippen LogP contribution < -0.4 is 5.32 Å². The Labute approximate surface area is 124 Å². The van der Waals surface area contributed by atoms with Crippen molar-refractivity contribution in [3.63, 3.8) is 0 Å². The van der Waals surface area contributed by atoms with Crippen LogP contribution in [-0.2, 0) is 6.42 Å². The van der Waals surface area contributed by atoms with Crippen molar-refractivity contribution in [3.05, 3.63) is 69.9 Å². The molecule has 0 radical (unpaired) electrons. The summed E-state index contributed by atoms with van der Waals surface area (Å²) in [7, 11) is 2.04. The van der Waals surface area contributed by atoms with Gasteiger partial charge in [-0.15, -0.1) is 11.3 Å². The molecule has 2 heteroatoms. The molecule has 2 aromatic carbocycles. The second-order valence-corrected chi connectivity index (χ2v) is 5.94. The molecule has 0 amide bonds. The van der Waals surface area contributed by atoms with Gasteiger partial charge in [0.2, 0.25) is 0 Å². The maximum Gasteiger partial charge on any atom is 0.0671 e. The third-order valence-electron chi connectivity index (χ3n) is 3.82. The van der Waals surface area contributed by atoms with Gasteiger partial charge in [0.15, 0.2) is 0 Å². The van der Waals surface area contributed by atoms with E-state index in [9.17, 15) is 0 Å². The van der Waals surface area contributed by atoms with Gasteiger partial charge in [-0.1, -0.05) is 43.3 Å². The van der Waals surface area contributed by atoms with Gasteiger partial charge in [0.05, 0.1) is 6.04 Å². The molecular formula is C18H19NS. The van der Waals surface area contributed by atoms with Crippen molar-refractivity contribution in [2.24, 2.45) is 0 Å². The molecule has 1 nitrogen and oxygen atoms in total. The van der Waals surface area contributed by atoms with Crippen LogP contribution in [0.15, 0.2) is 53.9 Å². The summed E-state index contributed by atoms with van der Waals surface area (Å²) < 4.78 is 0. The Morgan fingerprint density at radius 3 is 2.60 bits per heavy atom. The van der Waals surface area contributed by atoms with Crippen LogP contribution in [0.3, 0.4) is 0 Å². The Balaban J connectivity index is 2.07. The first kappa shape index (κ1) is 13.3. The van der Waals surface area contributed by atoms with E-state index in [1.165, 1.54) is 26.8 Å². The monoisotopic (exact) mass is 281 g/mol. The first-order chi connectivity index (χ1) is 9.83. The minimum atomic E-state index is 0.287. The molecule has 0 saturated carbocycles. The Kier molecular flexibility index (Phi) is 3.86. The van der Waals surface area contributed by atoms with E-state index in [1.54, 1.807) is 0 Å². The van der Waals surface area contributed by atoms with Crippen LogP contribution in [0, 0.1) is 0 Å². The highest BCUT2D eigenvalue weighted by molar-refractivity contribution is 7.10. The normalized spacial score (nSPS) is 12.7. The highest BCUT2D eigenvalue weighted by Crippen LogP contribution is 2.31. The summed E-state index contributed by atoms with van der Waals surface area (Å²) >= 11 is 1.84. The molecule has 0 bridgehead atoms. The van der Waals surface area contributed by atoms with E-state index in [1.807, 2.05) is 18.4 Å². The lowest BCUT2D eigenvalue weighted by Gasteiger charge is -2.17. The van der Waals surface area contributed by atoms with Gasteiger partial charge < -0.3 is 5.32 Å². The summed E-state index contributed by atoms with van der Waals surface area (Å²) in [4.78, 5) is 1.44. The van der Waals surface area contributed by atoms with Gasteiger partial charge in [0.1, 0.15) is 0 Å². The number of thiophene rings is 1. The van der Waals surface area contributed by atoms with Gasteiger partial charge in [0, 0.05) is 4.88 Å². The lowest BCUT2D eigenvalue weighted by molar-refractivity contribution is 0.698. The number of fused-ring (bicyclic) bond motifs is 1. The second kappa shape index (κ2) is 5.78. The molecule has 102 valence electrons. The molecule has 0 aliphatic heterocycles. The molecule has 1 N–H and O–H groups in total. The summed E-state index contributed by atoms with van der Waals surface area (Å²) in [6.07, 6.45) is 1.09. The van der Waals surface area contributed by atoms with E-state index in [4.69, 9.17) is 0 Å². The maximum atomic E-state index is 3.47. The van der Waals surface area contributed by atoms with E-state index in [2.05, 4.69) is 66.2 Å². The van der Waals surface area contributed by atoms with Gasteiger partial charge in [0.25, 0.3) is 0 Å². The first-order valence-corrected chi connectivity index (χ1v) is 7.93. The largest absolute Gasteiger partial charge is 0.309 e. The molecule has 0 aliphatic carbocycles. The van der Waals surface area contributed by atoms with Crippen molar-refractivity contribution >= 4 is 22.1 Å². The standard InChI is InChI=1S/C18H19NS/c1-3-13-10-11-20-18(13)17(19-2)16-9-8-14-6-4-5-7-15(14)12-16/h4-12,17,19H,3H2,1-2H3. The predicted octanol–water partition coefficient (Wildman–Crippen LogP) is 4.77. The molecule has 0 fully saturated rings. The molecule has 1 unspecified atom stereocenters. The molecule has 0 saturated heterocycles. The highest BCUT2D eigenvalue weighted by Gasteiger charge is 2.16. The van der Waals surface area contributed by atoms with Crippen LogP contribution >= 0.6 is 11.3 Å². The van der Waals surface area contributed by atoms with E-state index < -0.39 is 0 Å². The van der Waals surface area contributed by atoms with Crippen LogP contribution in [-0.4, -0.2) is 7.05 Å². The summed E-state index contributed by atoms with van der Waals surface area (Å²) in [6, 6.07) is 17.8. The molecule has 0 aliphatic rings. The Bertz CT molecular complexity index is 714. The molecule has 1 heterocycles. The van der Waals surface area contributed by atoms with Crippen molar-refractivity contribution in [2.75, 3.05) is 7.05 Å². The van der Waals surface area contributed by atoms with Gasteiger partial charge in [-0.25, -0.2) is 0 Å². The summed E-state index contributed by atoms with van der Waals surface area (Å²) in [5.41, 5.74) is 2.78. The summed E-state index contributed by atoms with van der Waals surface area (Å²) in [5.74, 6) is 0. The van der Waals surface area contributed by atoms with E-state index in [0.29, 0.717) is 0 Å². The summed E-state index contributed by atoms with van der Waals surface area (Å²) in [6.45, 7) is 2.22. The van der Waals surface area contributed by atoms with Crippen molar-refractivity contribution in [2.45, 2.75) is 19.4 Å². The quantitative estimate of drug-likeness (QED) is 0.726. The smallest absolute Gasteiger partial charge is 0.0671 e. The van der Waals surface area contributed by atoms with Crippen LogP contribution in [0.25, 0.3) is 10.8 Å². The molecule has 20 heavy (non-hydrogen) atoms. The lowest BCUT2D eigenvalue weighted by atomic mass is 9.98. The highest BCUT2D eigenvalue weighted by atomic mass is 32.1. The molecule has 3 aromatic rings. The number of hydrogen-bond donors (Lipinski definition) is 1. The van der Waals surface area contributed by atoms with Gasteiger partial charge in [-0.2, -0.15) is 0 Å². The van der Waals surface area contributed by atoms with Crippen molar-refractivity contribution in [1.29, 1.82) is 0 Å². The Morgan fingerprint density at radius 1 is 1.05 bits per heavy atom. The number of rotatable bonds is 4. The zero-order chi connectivity index (χ0) is 13.9. The second-order valence-electron chi connectivity index (χ2n) is 4.99. The molecular weight excluding hydrogens is 262 g/mol. The number of aryl methyl sites for hydroxylation is 1. The van der Waals surface area contributed by atoms with E-state index >= 15 is 0 Å². The topological polar surface area (TPSA) is 12.0 Å². The zero-order valence-corrected chi connectivity index (χ0v) is 12.7. The van der Waals surface area contributed by atoms with Crippen LogP contribution in [0.5, 0.6) is 0 Å². The number of benzene rings is 2. The minimum absolute atomic E-state index is 0.287. The zero-order valence-electron chi connectivity index (χ0n) is 11.9. The van der Waals surface area contributed by atoms with E-state index in [-0.39, 0.29) is 6.04 Å². The van der Waals surface area contributed by atoms with Crippen LogP contribution in [0.1, 0.15) is 29.0 Å². The van der Waals surface area contributed by atoms with Gasteiger partial charge in [-0.05, 0) is 52.9 Å². The average molecular weight is 281 g/mol. The molecule has 0 spiro atoms. The lowest BCUT2D eigenvalue weighted by Crippen LogP contribution is -2.17. The molecule has 1 aromatic heterocycles. The maximum absolute atomic E-state index is 3.47. The van der Waals surface area contributed by atoms with Gasteiger partial charge >= 0.3 is 0 Å². The van der Waals surface area contributed by atoms with Crippen LogP contribution in [0.4, 0.5) is 0 Å². The number of hydrogen-bond acceptors (Lipinski definition) is 2. The van der Waals surface area contributed by atoms with Crippen molar-refractivity contribution in [3.8, 4) is 0 Å². The van der Waals surface area contributed by atoms with E-state index in [0.717, 1.165) is 6.42 Å². The average Bonchev–Trinajstić information content (AvgIpc) is 2.96. The fourth-order valence-corrected chi connectivity index (χ4v) is 3.86. The van der Waals surface area contributed by atoms with Crippen molar-refractivity contribution < 1.29 is 0 Å². The fraction of sp³-hybridized carbons (Fsp3) is 0.222. The van der Waals surface area contributed by atoms with Gasteiger partial charge in [-0.3, -0.25) is 0 Å². The number of nitrogens with one attached hydrogen (secondary N) is 1. The SMILES string of the molecule is CCc1ccsc1C(NC)c1ccc2ccccc2c1. The van der Waals surface area contributed by atoms with Crippen LogP contribution in [0.2, 0.25) is 0 Å². The first-order valence-electron chi connectivity index (χ1n) is 7.05. The predicted molar refractivity (Wildman–Crippen MR) is 88.5 cm³/mol. The molecule has 1 atom stereocenters. The third-order valence-corrected chi connectivity index (χ3v) is 4.84. The summed E-state index contributed by atoms with van der Waals surface area (Å²) in [5, 5.41) is 8.27. The Morgan fingerprint density at radius 2 is 1.85 bits per heavy atom. The minimum Gasteiger partial charge on any atom is -0.309 e. The Hall–Kier alpha value is -1.64.